The van der Waals surface area contributed by atoms with E-state index in [-0.39, 0.29) is 0 Å². The Labute approximate surface area is 89.4 Å². The van der Waals surface area contributed by atoms with E-state index in [1.54, 1.807) is 6.26 Å². The van der Waals surface area contributed by atoms with Crippen molar-refractivity contribution in [3.8, 4) is 0 Å². The number of hydrogen-bond acceptors (Lipinski definition) is 3. The lowest BCUT2D eigenvalue weighted by Gasteiger charge is -2.21. The maximum atomic E-state index is 5.01. The fraction of sp³-hybridized carbons (Fsp3) is 0.636. The zero-order valence-electron chi connectivity index (χ0n) is 8.37. The van der Waals surface area contributed by atoms with Crippen molar-refractivity contribution in [3.63, 3.8) is 0 Å². The van der Waals surface area contributed by atoms with E-state index < -0.39 is 0 Å². The van der Waals surface area contributed by atoms with Crippen LogP contribution in [0.15, 0.2) is 23.0 Å². The minimum absolute atomic E-state index is 0.892. The highest BCUT2D eigenvalue weighted by Crippen LogP contribution is 2.21. The van der Waals surface area contributed by atoms with Crippen LogP contribution < -0.4 is 5.32 Å². The monoisotopic (exact) mass is 211 g/mol. The SMILES string of the molecule is c1cc(CNCC2CCSCC2)co1. The molecule has 1 aromatic heterocycles. The maximum Gasteiger partial charge on any atom is 0.0947 e. The van der Waals surface area contributed by atoms with Gasteiger partial charge < -0.3 is 9.73 Å². The summed E-state index contributed by atoms with van der Waals surface area (Å²) in [5.41, 5.74) is 1.25. The fourth-order valence-electron chi connectivity index (χ4n) is 1.76. The van der Waals surface area contributed by atoms with E-state index in [4.69, 9.17) is 4.42 Å². The van der Waals surface area contributed by atoms with E-state index in [1.165, 1.54) is 29.9 Å². The molecule has 0 amide bonds. The molecule has 0 unspecified atom stereocenters. The predicted molar refractivity (Wildman–Crippen MR) is 60.5 cm³/mol. The van der Waals surface area contributed by atoms with Gasteiger partial charge in [-0.25, -0.2) is 0 Å². The van der Waals surface area contributed by atoms with Gasteiger partial charge in [0.25, 0.3) is 0 Å². The van der Waals surface area contributed by atoms with Crippen LogP contribution in [0.1, 0.15) is 18.4 Å². The van der Waals surface area contributed by atoms with E-state index >= 15 is 0 Å². The first-order chi connectivity index (χ1) is 6.95. The molecule has 0 spiro atoms. The molecule has 2 rings (SSSR count). The standard InChI is InChI=1S/C11H17NOS/c1-4-13-9-11(1)8-12-7-10-2-5-14-6-3-10/h1,4,9-10,12H,2-3,5-8H2. The topological polar surface area (TPSA) is 25.2 Å². The Morgan fingerprint density at radius 1 is 1.43 bits per heavy atom. The van der Waals surface area contributed by atoms with Crippen LogP contribution in [0.2, 0.25) is 0 Å². The van der Waals surface area contributed by atoms with Crippen molar-refractivity contribution in [1.29, 1.82) is 0 Å². The molecule has 1 fully saturated rings. The Bertz CT molecular complexity index is 242. The molecule has 3 heteroatoms. The molecule has 1 aliphatic heterocycles. The Balaban J connectivity index is 1.62. The Morgan fingerprint density at radius 2 is 2.29 bits per heavy atom. The molecule has 1 saturated heterocycles. The zero-order chi connectivity index (χ0) is 9.64. The van der Waals surface area contributed by atoms with Gasteiger partial charge in [0.2, 0.25) is 0 Å². The van der Waals surface area contributed by atoms with Gasteiger partial charge in [-0.3, -0.25) is 0 Å². The Kier molecular flexibility index (Phi) is 3.95. The molecule has 0 radical (unpaired) electrons. The van der Waals surface area contributed by atoms with Crippen molar-refractivity contribution in [1.82, 2.24) is 5.32 Å². The highest BCUT2D eigenvalue weighted by atomic mass is 32.2. The summed E-state index contributed by atoms with van der Waals surface area (Å²) in [6.45, 7) is 2.10. The van der Waals surface area contributed by atoms with Crippen LogP contribution in [-0.2, 0) is 6.54 Å². The zero-order valence-corrected chi connectivity index (χ0v) is 9.19. The molecule has 0 saturated carbocycles. The first kappa shape index (κ1) is 10.1. The lowest BCUT2D eigenvalue weighted by Crippen LogP contribution is -2.25. The first-order valence-corrected chi connectivity index (χ1v) is 6.40. The van der Waals surface area contributed by atoms with Crippen molar-refractivity contribution < 1.29 is 4.42 Å². The highest BCUT2D eigenvalue weighted by Gasteiger charge is 2.12. The minimum Gasteiger partial charge on any atom is -0.472 e. The molecule has 14 heavy (non-hydrogen) atoms. The lowest BCUT2D eigenvalue weighted by atomic mass is 10.0. The largest absolute Gasteiger partial charge is 0.472 e. The summed E-state index contributed by atoms with van der Waals surface area (Å²) < 4.78 is 5.01. The van der Waals surface area contributed by atoms with Gasteiger partial charge in [0.05, 0.1) is 12.5 Å². The summed E-state index contributed by atoms with van der Waals surface area (Å²) >= 11 is 2.09. The van der Waals surface area contributed by atoms with Gasteiger partial charge in [-0.05, 0) is 42.9 Å². The second-order valence-corrected chi connectivity index (χ2v) is 5.04. The third kappa shape index (κ3) is 3.07. The third-order valence-electron chi connectivity index (χ3n) is 2.68. The van der Waals surface area contributed by atoms with E-state index in [2.05, 4.69) is 17.1 Å². The van der Waals surface area contributed by atoms with Crippen LogP contribution in [0.4, 0.5) is 0 Å². The molecule has 2 nitrogen and oxygen atoms in total. The molecule has 1 aliphatic rings. The number of rotatable bonds is 4. The average molecular weight is 211 g/mol. The van der Waals surface area contributed by atoms with Crippen LogP contribution in [0.3, 0.4) is 0 Å². The second-order valence-electron chi connectivity index (χ2n) is 3.82. The minimum atomic E-state index is 0.892. The molecule has 0 aliphatic carbocycles. The van der Waals surface area contributed by atoms with Gasteiger partial charge in [0.1, 0.15) is 0 Å². The summed E-state index contributed by atoms with van der Waals surface area (Å²) in [4.78, 5) is 0. The number of thioether (sulfide) groups is 1. The summed E-state index contributed by atoms with van der Waals surface area (Å²) in [6, 6.07) is 2.02. The van der Waals surface area contributed by atoms with Gasteiger partial charge in [-0.2, -0.15) is 11.8 Å². The summed E-state index contributed by atoms with van der Waals surface area (Å²) in [5.74, 6) is 3.58. The first-order valence-electron chi connectivity index (χ1n) is 5.24. The molecule has 1 aromatic rings. The molecule has 0 atom stereocenters. The number of nitrogens with one attached hydrogen (secondary N) is 1. The predicted octanol–water partition coefficient (Wildman–Crippen LogP) is 2.51. The smallest absolute Gasteiger partial charge is 0.0947 e. The van der Waals surface area contributed by atoms with E-state index in [0.717, 1.165) is 19.0 Å². The summed E-state index contributed by atoms with van der Waals surface area (Å²) in [6.07, 6.45) is 6.30. The van der Waals surface area contributed by atoms with E-state index in [9.17, 15) is 0 Å². The van der Waals surface area contributed by atoms with Gasteiger partial charge >= 0.3 is 0 Å². The van der Waals surface area contributed by atoms with E-state index in [1.807, 2.05) is 12.3 Å². The quantitative estimate of drug-likeness (QED) is 0.828. The van der Waals surface area contributed by atoms with Crippen molar-refractivity contribution in [2.75, 3.05) is 18.1 Å². The summed E-state index contributed by atoms with van der Waals surface area (Å²) in [7, 11) is 0. The molecular formula is C11H17NOS. The van der Waals surface area contributed by atoms with Gasteiger partial charge in [-0.1, -0.05) is 0 Å². The van der Waals surface area contributed by atoms with Crippen molar-refractivity contribution >= 4 is 11.8 Å². The van der Waals surface area contributed by atoms with Crippen molar-refractivity contribution in [2.45, 2.75) is 19.4 Å². The lowest BCUT2D eigenvalue weighted by molar-refractivity contribution is 0.446. The highest BCUT2D eigenvalue weighted by molar-refractivity contribution is 7.99. The average Bonchev–Trinajstić information content (AvgIpc) is 2.72. The normalized spacial score (nSPS) is 18.6. The van der Waals surface area contributed by atoms with Crippen LogP contribution in [0.5, 0.6) is 0 Å². The van der Waals surface area contributed by atoms with Gasteiger partial charge in [0, 0.05) is 12.1 Å². The Hall–Kier alpha value is -0.410. The molecule has 0 bridgehead atoms. The summed E-state index contributed by atoms with van der Waals surface area (Å²) in [5, 5.41) is 3.49. The maximum absolute atomic E-state index is 5.01. The number of hydrogen-bond donors (Lipinski definition) is 1. The van der Waals surface area contributed by atoms with Crippen LogP contribution in [0, 0.1) is 5.92 Å². The van der Waals surface area contributed by atoms with Crippen molar-refractivity contribution in [2.24, 2.45) is 5.92 Å². The van der Waals surface area contributed by atoms with Crippen LogP contribution in [0.25, 0.3) is 0 Å². The van der Waals surface area contributed by atoms with E-state index in [0.29, 0.717) is 0 Å². The molecule has 78 valence electrons. The third-order valence-corrected chi connectivity index (χ3v) is 3.73. The van der Waals surface area contributed by atoms with Crippen LogP contribution >= 0.6 is 11.8 Å². The number of furan rings is 1. The molecule has 2 heterocycles. The Morgan fingerprint density at radius 3 is 3.00 bits per heavy atom. The van der Waals surface area contributed by atoms with Crippen molar-refractivity contribution in [3.05, 3.63) is 24.2 Å². The fourth-order valence-corrected chi connectivity index (χ4v) is 2.97. The molecule has 0 aromatic carbocycles. The van der Waals surface area contributed by atoms with Gasteiger partial charge in [-0.15, -0.1) is 0 Å². The molecular weight excluding hydrogens is 194 g/mol. The van der Waals surface area contributed by atoms with Gasteiger partial charge in [0.15, 0.2) is 0 Å². The molecule has 1 N–H and O–H groups in total. The second kappa shape index (κ2) is 5.47. The van der Waals surface area contributed by atoms with Crippen LogP contribution in [-0.4, -0.2) is 18.1 Å².